The van der Waals surface area contributed by atoms with E-state index in [0.717, 1.165) is 38.6 Å². The maximum Gasteiger partial charge on any atom is 0.329 e. The van der Waals surface area contributed by atoms with Crippen molar-refractivity contribution in [1.29, 1.82) is 0 Å². The fourth-order valence-electron chi connectivity index (χ4n) is 2.89. The minimum atomic E-state index is -1.17. The highest BCUT2D eigenvalue weighted by Gasteiger charge is 2.40. The zero-order chi connectivity index (χ0) is 15.3. The van der Waals surface area contributed by atoms with E-state index in [1.54, 1.807) is 13.8 Å². The largest absolute Gasteiger partial charge is 0.480 e. The van der Waals surface area contributed by atoms with Crippen LogP contribution in [0.5, 0.6) is 0 Å². The number of likely N-dealkylation sites (tertiary alicyclic amines) is 1. The summed E-state index contributed by atoms with van der Waals surface area (Å²) in [6.45, 7) is 8.26. The van der Waals surface area contributed by atoms with Crippen LogP contribution in [0.3, 0.4) is 0 Å². The van der Waals surface area contributed by atoms with Gasteiger partial charge in [-0.25, -0.2) is 9.59 Å². The van der Waals surface area contributed by atoms with E-state index < -0.39 is 11.5 Å². The molecule has 1 aliphatic rings. The van der Waals surface area contributed by atoms with Crippen LogP contribution in [-0.4, -0.2) is 51.6 Å². The number of amides is 2. The Labute approximate surface area is 121 Å². The summed E-state index contributed by atoms with van der Waals surface area (Å²) in [4.78, 5) is 27.6. The quantitative estimate of drug-likeness (QED) is 0.863. The number of hydrogen-bond donors (Lipinski definition) is 1. The molecule has 1 heterocycles. The monoisotopic (exact) mass is 284 g/mol. The third-order valence-corrected chi connectivity index (χ3v) is 4.34. The molecule has 0 aromatic heterocycles. The highest BCUT2D eigenvalue weighted by atomic mass is 16.4. The van der Waals surface area contributed by atoms with Crippen LogP contribution in [0.15, 0.2) is 0 Å². The van der Waals surface area contributed by atoms with Crippen molar-refractivity contribution in [2.45, 2.75) is 71.4 Å². The fraction of sp³-hybridized carbons (Fsp3) is 0.867. The Bertz CT molecular complexity index is 355. The Morgan fingerprint density at radius 1 is 1.25 bits per heavy atom. The SMILES string of the molecule is CCC1CCCCCN1C(=O)N(CC)C(C)(C)C(=O)O. The summed E-state index contributed by atoms with van der Waals surface area (Å²) in [5.41, 5.74) is -1.17. The molecular weight excluding hydrogens is 256 g/mol. The summed E-state index contributed by atoms with van der Waals surface area (Å²) in [5.74, 6) is -0.962. The van der Waals surface area contributed by atoms with Gasteiger partial charge in [-0.05, 0) is 40.0 Å². The second-order valence-corrected chi connectivity index (χ2v) is 6.00. The molecule has 1 rings (SSSR count). The molecule has 0 saturated carbocycles. The molecule has 5 heteroatoms. The standard InChI is InChI=1S/C15H28N2O3/c1-5-12-10-8-7-9-11-16(12)14(20)17(6-2)15(3,4)13(18)19/h12H,5-11H2,1-4H3,(H,18,19). The first-order valence-corrected chi connectivity index (χ1v) is 7.67. The van der Waals surface area contributed by atoms with Crippen molar-refractivity contribution < 1.29 is 14.7 Å². The van der Waals surface area contributed by atoms with Gasteiger partial charge < -0.3 is 14.9 Å². The lowest BCUT2D eigenvalue weighted by molar-refractivity contribution is -0.147. The normalized spacial score (nSPS) is 20.4. The van der Waals surface area contributed by atoms with Gasteiger partial charge in [0, 0.05) is 19.1 Å². The first-order valence-electron chi connectivity index (χ1n) is 7.67. The second-order valence-electron chi connectivity index (χ2n) is 6.00. The highest BCUT2D eigenvalue weighted by molar-refractivity contribution is 5.85. The minimum absolute atomic E-state index is 0.131. The van der Waals surface area contributed by atoms with Crippen molar-refractivity contribution in [1.82, 2.24) is 9.80 Å². The second kappa shape index (κ2) is 6.95. The number of carbonyl (C=O) groups excluding carboxylic acids is 1. The molecule has 1 N–H and O–H groups in total. The van der Waals surface area contributed by atoms with E-state index in [2.05, 4.69) is 6.92 Å². The van der Waals surface area contributed by atoms with E-state index in [9.17, 15) is 14.7 Å². The van der Waals surface area contributed by atoms with Gasteiger partial charge in [-0.3, -0.25) is 0 Å². The Balaban J connectivity index is 2.96. The molecule has 0 aromatic carbocycles. The molecule has 0 aromatic rings. The molecule has 116 valence electrons. The van der Waals surface area contributed by atoms with Crippen LogP contribution in [0.2, 0.25) is 0 Å². The number of hydrogen-bond acceptors (Lipinski definition) is 2. The molecule has 0 aliphatic carbocycles. The van der Waals surface area contributed by atoms with Crippen molar-refractivity contribution in [2.75, 3.05) is 13.1 Å². The molecular formula is C15H28N2O3. The van der Waals surface area contributed by atoms with Gasteiger partial charge in [0.15, 0.2) is 0 Å². The summed E-state index contributed by atoms with van der Waals surface area (Å²) >= 11 is 0. The topological polar surface area (TPSA) is 60.9 Å². The van der Waals surface area contributed by atoms with E-state index in [-0.39, 0.29) is 12.1 Å². The smallest absolute Gasteiger partial charge is 0.329 e. The van der Waals surface area contributed by atoms with Crippen molar-refractivity contribution in [3.63, 3.8) is 0 Å². The number of aliphatic carboxylic acids is 1. The maximum atomic E-state index is 12.8. The van der Waals surface area contributed by atoms with Gasteiger partial charge in [0.2, 0.25) is 0 Å². The van der Waals surface area contributed by atoms with Gasteiger partial charge in [-0.1, -0.05) is 19.8 Å². The van der Waals surface area contributed by atoms with Crippen molar-refractivity contribution in [3.05, 3.63) is 0 Å². The molecule has 1 aliphatic heterocycles. The van der Waals surface area contributed by atoms with Crippen LogP contribution in [-0.2, 0) is 4.79 Å². The van der Waals surface area contributed by atoms with Gasteiger partial charge in [0.05, 0.1) is 0 Å². The van der Waals surface area contributed by atoms with Gasteiger partial charge in [-0.15, -0.1) is 0 Å². The summed E-state index contributed by atoms with van der Waals surface area (Å²) in [5, 5.41) is 9.36. The Morgan fingerprint density at radius 3 is 2.40 bits per heavy atom. The third kappa shape index (κ3) is 3.44. The van der Waals surface area contributed by atoms with Crippen molar-refractivity contribution >= 4 is 12.0 Å². The van der Waals surface area contributed by atoms with Gasteiger partial charge in [-0.2, -0.15) is 0 Å². The fourth-order valence-corrected chi connectivity index (χ4v) is 2.89. The van der Waals surface area contributed by atoms with Gasteiger partial charge >= 0.3 is 12.0 Å². The van der Waals surface area contributed by atoms with Crippen LogP contribution in [0.1, 0.15) is 59.8 Å². The molecule has 5 nitrogen and oxygen atoms in total. The molecule has 20 heavy (non-hydrogen) atoms. The average molecular weight is 284 g/mol. The molecule has 1 fully saturated rings. The molecule has 1 saturated heterocycles. The van der Waals surface area contributed by atoms with Crippen LogP contribution in [0.4, 0.5) is 4.79 Å². The zero-order valence-corrected chi connectivity index (χ0v) is 13.2. The van der Waals surface area contributed by atoms with Gasteiger partial charge in [0.25, 0.3) is 0 Å². The third-order valence-electron chi connectivity index (χ3n) is 4.34. The first kappa shape index (κ1) is 16.8. The first-order chi connectivity index (χ1) is 9.36. The summed E-state index contributed by atoms with van der Waals surface area (Å²) in [7, 11) is 0. The molecule has 1 atom stereocenters. The number of urea groups is 1. The number of likely N-dealkylation sites (N-methyl/N-ethyl adjacent to an activating group) is 1. The van der Waals surface area contributed by atoms with Crippen LogP contribution in [0.25, 0.3) is 0 Å². The van der Waals surface area contributed by atoms with Crippen LogP contribution < -0.4 is 0 Å². The minimum Gasteiger partial charge on any atom is -0.480 e. The maximum absolute atomic E-state index is 12.8. The van der Waals surface area contributed by atoms with E-state index >= 15 is 0 Å². The number of carboxylic acids is 1. The lowest BCUT2D eigenvalue weighted by atomic mass is 10.0. The van der Waals surface area contributed by atoms with Crippen molar-refractivity contribution in [3.8, 4) is 0 Å². The predicted octanol–water partition coefficient (Wildman–Crippen LogP) is 2.95. The molecule has 2 amide bonds. The molecule has 0 spiro atoms. The summed E-state index contributed by atoms with van der Waals surface area (Å²) < 4.78 is 0. The number of carbonyl (C=O) groups is 2. The van der Waals surface area contributed by atoms with Crippen LogP contribution in [0, 0.1) is 0 Å². The average Bonchev–Trinajstić information content (AvgIpc) is 2.63. The Hall–Kier alpha value is -1.26. The van der Waals surface area contributed by atoms with Crippen molar-refractivity contribution in [2.24, 2.45) is 0 Å². The van der Waals surface area contributed by atoms with Gasteiger partial charge in [0.1, 0.15) is 5.54 Å². The highest BCUT2D eigenvalue weighted by Crippen LogP contribution is 2.24. The van der Waals surface area contributed by atoms with E-state index in [1.807, 2.05) is 11.8 Å². The molecule has 1 unspecified atom stereocenters. The predicted molar refractivity (Wildman–Crippen MR) is 78.7 cm³/mol. The molecule has 0 radical (unpaired) electrons. The number of carboxylic acid groups (broad SMARTS) is 1. The molecule has 0 bridgehead atoms. The van der Waals surface area contributed by atoms with E-state index in [4.69, 9.17) is 0 Å². The zero-order valence-electron chi connectivity index (χ0n) is 13.2. The lowest BCUT2D eigenvalue weighted by Crippen LogP contribution is -2.58. The Kier molecular flexibility index (Phi) is 5.84. The Morgan fingerprint density at radius 2 is 1.90 bits per heavy atom. The summed E-state index contributed by atoms with van der Waals surface area (Å²) in [6.07, 6.45) is 5.25. The van der Waals surface area contributed by atoms with Crippen LogP contribution >= 0.6 is 0 Å². The number of nitrogens with zero attached hydrogens (tertiary/aromatic N) is 2. The number of rotatable bonds is 4. The lowest BCUT2D eigenvalue weighted by Gasteiger charge is -2.40. The van der Waals surface area contributed by atoms with E-state index in [0.29, 0.717) is 6.54 Å². The van der Waals surface area contributed by atoms with E-state index in [1.165, 1.54) is 4.90 Å². The summed E-state index contributed by atoms with van der Waals surface area (Å²) in [6, 6.07) is 0.109.